The van der Waals surface area contributed by atoms with Crippen molar-refractivity contribution in [3.8, 4) is 35.1 Å². The van der Waals surface area contributed by atoms with E-state index in [1.54, 1.807) is 30.5 Å². The van der Waals surface area contributed by atoms with E-state index in [0.29, 0.717) is 29.7 Å². The molecule has 0 atom stereocenters. The Bertz CT molecular complexity index is 1530. The fourth-order valence-corrected chi connectivity index (χ4v) is 3.80. The highest BCUT2D eigenvalue weighted by atomic mass is 19.1. The van der Waals surface area contributed by atoms with Gasteiger partial charge in [-0.15, -0.1) is 11.5 Å². The maximum atomic E-state index is 14.9. The largest absolute Gasteiger partial charge is 0.388 e. The Kier molecular flexibility index (Phi) is 6.14. The third kappa shape index (κ3) is 5.17. The van der Waals surface area contributed by atoms with Crippen molar-refractivity contribution in [2.75, 3.05) is 12.3 Å². The van der Waals surface area contributed by atoms with Gasteiger partial charge in [0.1, 0.15) is 17.9 Å². The van der Waals surface area contributed by atoms with E-state index >= 15 is 0 Å². The van der Waals surface area contributed by atoms with Crippen LogP contribution in [0.15, 0.2) is 36.7 Å². The minimum atomic E-state index is -0.798. The minimum absolute atomic E-state index is 0.0210. The quantitative estimate of drug-likeness (QED) is 0.306. The van der Waals surface area contributed by atoms with Crippen LogP contribution in [0.4, 0.5) is 10.2 Å². The molecular formula is C25H24FN9O2. The zero-order chi connectivity index (χ0) is 26.2. The van der Waals surface area contributed by atoms with Crippen LogP contribution in [-0.2, 0) is 17.9 Å². The first kappa shape index (κ1) is 24.1. The number of halogens is 1. The number of terminal acetylenes is 1. The van der Waals surface area contributed by atoms with Crippen LogP contribution in [-0.4, -0.2) is 57.9 Å². The number of hydrogen-bond acceptors (Lipinski definition) is 8. The molecule has 0 spiro atoms. The van der Waals surface area contributed by atoms with E-state index in [1.165, 1.54) is 15.6 Å². The average molecular weight is 502 g/mol. The van der Waals surface area contributed by atoms with Gasteiger partial charge < -0.3 is 16.2 Å². The molecular weight excluding hydrogens is 477 g/mol. The molecule has 0 aliphatic heterocycles. The first-order valence-electron chi connectivity index (χ1n) is 11.6. The van der Waals surface area contributed by atoms with E-state index in [-0.39, 0.29) is 48.6 Å². The normalized spacial score (nSPS) is 13.8. The highest BCUT2D eigenvalue weighted by molar-refractivity contribution is 5.75. The van der Waals surface area contributed by atoms with Crippen LogP contribution in [0.25, 0.3) is 22.8 Å². The molecule has 4 N–H and O–H groups in total. The standard InChI is InChI=1S/C25H24FN9O2/c1-3-16-5-4-6-18(15(16)2)24-29-22(21(26)23(27)30-24)19-12-35(33-31-19)11-17-7-10-34(32-17)13-20(36)28-14-25(37)8-9-25/h1,4-7,10,12,37H,8-9,11,13-14H2,2H3,(H,28,36)(H2,27,29,30). The molecule has 37 heavy (non-hydrogen) atoms. The maximum Gasteiger partial charge on any atom is 0.241 e. The average Bonchev–Trinajstić information content (AvgIpc) is 3.23. The molecule has 1 saturated carbocycles. The highest BCUT2D eigenvalue weighted by Gasteiger charge is 2.40. The molecule has 4 aromatic rings. The van der Waals surface area contributed by atoms with E-state index in [9.17, 15) is 14.3 Å². The second kappa shape index (κ2) is 9.44. The smallest absolute Gasteiger partial charge is 0.241 e. The van der Waals surface area contributed by atoms with Crippen molar-refractivity contribution < 1.29 is 14.3 Å². The molecule has 3 heterocycles. The number of anilines is 1. The summed E-state index contributed by atoms with van der Waals surface area (Å²) in [5.41, 5.74) is 7.90. The lowest BCUT2D eigenvalue weighted by molar-refractivity contribution is -0.122. The molecule has 0 saturated heterocycles. The first-order valence-corrected chi connectivity index (χ1v) is 11.6. The highest BCUT2D eigenvalue weighted by Crippen LogP contribution is 2.34. The van der Waals surface area contributed by atoms with Crippen molar-refractivity contribution in [1.82, 2.24) is 40.1 Å². The number of amides is 1. The number of benzene rings is 1. The summed E-state index contributed by atoms with van der Waals surface area (Å²) >= 11 is 0. The van der Waals surface area contributed by atoms with Gasteiger partial charge >= 0.3 is 0 Å². The van der Waals surface area contributed by atoms with Gasteiger partial charge in [0.25, 0.3) is 0 Å². The summed E-state index contributed by atoms with van der Waals surface area (Å²) in [6, 6.07) is 7.10. The van der Waals surface area contributed by atoms with Gasteiger partial charge in [0.05, 0.1) is 24.0 Å². The van der Waals surface area contributed by atoms with Gasteiger partial charge in [0.15, 0.2) is 17.5 Å². The molecule has 0 bridgehead atoms. The summed E-state index contributed by atoms with van der Waals surface area (Å²) in [5.74, 6) is 1.48. The maximum absolute atomic E-state index is 14.9. The second-order valence-electron chi connectivity index (χ2n) is 9.02. The van der Waals surface area contributed by atoms with Crippen LogP contribution in [0.1, 0.15) is 29.7 Å². The Morgan fingerprint density at radius 2 is 2.11 bits per heavy atom. The van der Waals surface area contributed by atoms with E-state index in [4.69, 9.17) is 12.2 Å². The van der Waals surface area contributed by atoms with Crippen LogP contribution >= 0.6 is 0 Å². The van der Waals surface area contributed by atoms with Crippen LogP contribution in [0.3, 0.4) is 0 Å². The number of aromatic nitrogens is 7. The van der Waals surface area contributed by atoms with Gasteiger partial charge in [-0.05, 0) is 37.5 Å². The summed E-state index contributed by atoms with van der Waals surface area (Å²) in [7, 11) is 0. The van der Waals surface area contributed by atoms with Gasteiger partial charge in [-0.3, -0.25) is 9.48 Å². The minimum Gasteiger partial charge on any atom is -0.388 e. The lowest BCUT2D eigenvalue weighted by Crippen LogP contribution is -2.35. The lowest BCUT2D eigenvalue weighted by Gasteiger charge is -2.09. The molecule has 5 rings (SSSR count). The summed E-state index contributed by atoms with van der Waals surface area (Å²) < 4.78 is 17.9. The number of nitrogens with two attached hydrogens (primary N) is 1. The van der Waals surface area contributed by atoms with Crippen LogP contribution < -0.4 is 11.1 Å². The molecule has 1 amide bonds. The molecule has 1 fully saturated rings. The van der Waals surface area contributed by atoms with E-state index in [0.717, 1.165) is 5.56 Å². The Labute approximate surface area is 211 Å². The van der Waals surface area contributed by atoms with Crippen molar-refractivity contribution in [3.63, 3.8) is 0 Å². The Hall–Kier alpha value is -4.63. The van der Waals surface area contributed by atoms with Gasteiger partial charge in [-0.25, -0.2) is 19.0 Å². The van der Waals surface area contributed by atoms with E-state index in [2.05, 4.69) is 36.6 Å². The number of nitrogen functional groups attached to an aromatic ring is 1. The van der Waals surface area contributed by atoms with Crippen molar-refractivity contribution in [2.24, 2.45) is 0 Å². The molecule has 0 radical (unpaired) electrons. The SMILES string of the molecule is C#Cc1cccc(-c2nc(N)c(F)c(-c3cn(Cc4ccn(CC(=O)NCC5(O)CC5)n4)nn3)n2)c1C. The number of nitrogens with one attached hydrogen (secondary N) is 1. The third-order valence-corrected chi connectivity index (χ3v) is 6.16. The first-order chi connectivity index (χ1) is 17.7. The summed E-state index contributed by atoms with van der Waals surface area (Å²) in [6.45, 7) is 2.33. The number of nitrogens with zero attached hydrogens (tertiary/aromatic N) is 7. The van der Waals surface area contributed by atoms with Gasteiger partial charge in [-0.2, -0.15) is 5.10 Å². The summed E-state index contributed by atoms with van der Waals surface area (Å²) in [6.07, 6.45) is 10.2. The zero-order valence-electron chi connectivity index (χ0n) is 20.0. The Morgan fingerprint density at radius 1 is 1.30 bits per heavy atom. The fraction of sp³-hybridized carbons (Fsp3) is 0.280. The molecule has 1 aliphatic carbocycles. The molecule has 188 valence electrons. The number of hydrogen-bond donors (Lipinski definition) is 3. The predicted molar refractivity (Wildman–Crippen MR) is 132 cm³/mol. The van der Waals surface area contributed by atoms with Crippen LogP contribution in [0.2, 0.25) is 0 Å². The zero-order valence-corrected chi connectivity index (χ0v) is 20.0. The van der Waals surface area contributed by atoms with Gasteiger partial charge in [-0.1, -0.05) is 23.3 Å². The Morgan fingerprint density at radius 3 is 2.86 bits per heavy atom. The number of carbonyl (C=O) groups excluding carboxylic acids is 1. The molecule has 1 aliphatic rings. The van der Waals surface area contributed by atoms with Crippen molar-refractivity contribution in [2.45, 2.75) is 38.5 Å². The molecule has 0 unspecified atom stereocenters. The van der Waals surface area contributed by atoms with Crippen molar-refractivity contribution >= 4 is 11.7 Å². The van der Waals surface area contributed by atoms with E-state index < -0.39 is 11.4 Å². The van der Waals surface area contributed by atoms with Gasteiger partial charge in [0.2, 0.25) is 5.91 Å². The van der Waals surface area contributed by atoms with Crippen LogP contribution in [0, 0.1) is 25.1 Å². The second-order valence-corrected chi connectivity index (χ2v) is 9.02. The topological polar surface area (TPSA) is 150 Å². The molecule has 3 aromatic heterocycles. The molecule has 1 aromatic carbocycles. The summed E-state index contributed by atoms with van der Waals surface area (Å²) in [4.78, 5) is 20.6. The van der Waals surface area contributed by atoms with Crippen LogP contribution in [0.5, 0.6) is 0 Å². The summed E-state index contributed by atoms with van der Waals surface area (Å²) in [5, 5.41) is 25.0. The molecule has 12 heteroatoms. The number of aliphatic hydroxyl groups is 1. The molecule has 11 nitrogen and oxygen atoms in total. The number of carbonyl (C=O) groups is 1. The van der Waals surface area contributed by atoms with Crippen molar-refractivity contribution in [3.05, 3.63) is 59.3 Å². The monoisotopic (exact) mass is 501 g/mol. The predicted octanol–water partition coefficient (Wildman–Crippen LogP) is 1.30. The van der Waals surface area contributed by atoms with Crippen molar-refractivity contribution in [1.29, 1.82) is 0 Å². The number of rotatable bonds is 8. The van der Waals surface area contributed by atoms with Gasteiger partial charge in [0, 0.05) is 23.9 Å². The fourth-order valence-electron chi connectivity index (χ4n) is 3.80. The lowest BCUT2D eigenvalue weighted by atomic mass is 10.0. The third-order valence-electron chi connectivity index (χ3n) is 6.16. The van der Waals surface area contributed by atoms with E-state index in [1.807, 2.05) is 6.92 Å². The Balaban J connectivity index is 1.32.